The maximum atomic E-state index is 13.8. The molecule has 0 aliphatic carbocycles. The van der Waals surface area contributed by atoms with Crippen LogP contribution >= 0.6 is 23.4 Å². The van der Waals surface area contributed by atoms with Crippen LogP contribution in [0.4, 0.5) is 4.39 Å². The van der Waals surface area contributed by atoms with Crippen molar-refractivity contribution in [2.45, 2.75) is 18.4 Å². The summed E-state index contributed by atoms with van der Waals surface area (Å²) in [5.41, 5.74) is 0.414. The lowest BCUT2D eigenvalue weighted by molar-refractivity contribution is 0.559. The Morgan fingerprint density at radius 3 is 2.67 bits per heavy atom. The number of hydrogen-bond acceptors (Lipinski definition) is 4. The van der Waals surface area contributed by atoms with Gasteiger partial charge in [0.05, 0.1) is 9.92 Å². The summed E-state index contributed by atoms with van der Waals surface area (Å²) in [7, 11) is -2.06. The van der Waals surface area contributed by atoms with E-state index in [1.807, 2.05) is 13.2 Å². The highest BCUT2D eigenvalue weighted by Gasteiger charge is 2.19. The van der Waals surface area contributed by atoms with E-state index in [4.69, 9.17) is 11.6 Å². The lowest BCUT2D eigenvalue weighted by Crippen LogP contribution is -2.29. The summed E-state index contributed by atoms with van der Waals surface area (Å²) in [4.78, 5) is -0.106. The van der Waals surface area contributed by atoms with E-state index in [1.54, 1.807) is 18.8 Å². The number of rotatable bonds is 8. The summed E-state index contributed by atoms with van der Waals surface area (Å²) >= 11 is 7.48. The molecule has 0 aliphatic heterocycles. The largest absolute Gasteiger partial charge is 0.316 e. The number of nitrogens with one attached hydrogen (secondary N) is 2. The number of halogens is 2. The van der Waals surface area contributed by atoms with Crippen LogP contribution in [0.5, 0.6) is 0 Å². The smallest absolute Gasteiger partial charge is 0.240 e. The van der Waals surface area contributed by atoms with Crippen molar-refractivity contribution in [3.05, 3.63) is 28.5 Å². The van der Waals surface area contributed by atoms with Crippen LogP contribution in [0.25, 0.3) is 0 Å². The fourth-order valence-electron chi connectivity index (χ4n) is 1.77. The van der Waals surface area contributed by atoms with Crippen LogP contribution in [0.2, 0.25) is 5.02 Å². The molecule has 1 aromatic carbocycles. The van der Waals surface area contributed by atoms with Gasteiger partial charge in [-0.1, -0.05) is 18.5 Å². The Hall–Kier alpha value is -0.340. The second-order valence-electron chi connectivity index (χ2n) is 4.82. The molecule has 0 saturated heterocycles. The molecular weight excluding hydrogens is 335 g/mol. The third kappa shape index (κ3) is 5.41. The highest BCUT2D eigenvalue weighted by atomic mass is 35.5. The molecule has 4 nitrogen and oxygen atoms in total. The summed E-state index contributed by atoms with van der Waals surface area (Å²) in [6.07, 6.45) is 1.96. The van der Waals surface area contributed by atoms with Crippen LogP contribution in [0, 0.1) is 11.7 Å². The first-order chi connectivity index (χ1) is 9.81. The molecule has 120 valence electrons. The van der Waals surface area contributed by atoms with E-state index < -0.39 is 15.8 Å². The SMILES string of the molecule is CNCc1cc(S(=O)(=O)NCC(C)CSC)cc(F)c1Cl. The maximum absolute atomic E-state index is 13.8. The van der Waals surface area contributed by atoms with Crippen LogP contribution in [0.1, 0.15) is 12.5 Å². The molecule has 0 aromatic heterocycles. The van der Waals surface area contributed by atoms with Crippen molar-refractivity contribution in [3.63, 3.8) is 0 Å². The number of sulfonamides is 1. The molecule has 1 rings (SSSR count). The molecule has 1 aromatic rings. The van der Waals surface area contributed by atoms with E-state index in [2.05, 4.69) is 10.0 Å². The van der Waals surface area contributed by atoms with Gasteiger partial charge in [-0.3, -0.25) is 0 Å². The first-order valence-corrected chi connectivity index (χ1v) is 9.68. The van der Waals surface area contributed by atoms with Gasteiger partial charge in [0.2, 0.25) is 10.0 Å². The van der Waals surface area contributed by atoms with Crippen molar-refractivity contribution >= 4 is 33.4 Å². The van der Waals surface area contributed by atoms with Gasteiger partial charge >= 0.3 is 0 Å². The van der Waals surface area contributed by atoms with Gasteiger partial charge in [-0.25, -0.2) is 17.5 Å². The zero-order chi connectivity index (χ0) is 16.0. The standard InChI is InChI=1S/C13H20ClFN2O2S2/c1-9(8-20-3)6-17-21(18,19)11-4-10(7-16-2)13(14)12(15)5-11/h4-5,9,16-17H,6-8H2,1-3H3. The summed E-state index contributed by atoms with van der Waals surface area (Å²) < 4.78 is 40.7. The molecule has 0 aliphatic rings. The summed E-state index contributed by atoms with van der Waals surface area (Å²) in [5.74, 6) is 0.313. The van der Waals surface area contributed by atoms with Gasteiger partial charge in [-0.15, -0.1) is 0 Å². The van der Waals surface area contributed by atoms with Crippen molar-refractivity contribution in [2.24, 2.45) is 5.92 Å². The Bertz CT molecular complexity index is 582. The second-order valence-corrected chi connectivity index (χ2v) is 7.88. The van der Waals surface area contributed by atoms with Gasteiger partial charge in [0.15, 0.2) is 0 Å². The van der Waals surface area contributed by atoms with E-state index in [1.165, 1.54) is 6.07 Å². The Morgan fingerprint density at radius 1 is 1.43 bits per heavy atom. The Balaban J connectivity index is 2.97. The lowest BCUT2D eigenvalue weighted by atomic mass is 10.2. The first kappa shape index (κ1) is 18.7. The van der Waals surface area contributed by atoms with E-state index in [0.29, 0.717) is 18.7 Å². The van der Waals surface area contributed by atoms with Gasteiger partial charge in [0.25, 0.3) is 0 Å². The number of hydrogen-bond donors (Lipinski definition) is 2. The molecule has 1 unspecified atom stereocenters. The van der Waals surface area contributed by atoms with Crippen LogP contribution < -0.4 is 10.0 Å². The van der Waals surface area contributed by atoms with Crippen LogP contribution in [-0.2, 0) is 16.6 Å². The highest BCUT2D eigenvalue weighted by Crippen LogP contribution is 2.24. The molecule has 0 bridgehead atoms. The van der Waals surface area contributed by atoms with Crippen LogP contribution in [0.15, 0.2) is 17.0 Å². The average Bonchev–Trinajstić information content (AvgIpc) is 2.42. The van der Waals surface area contributed by atoms with Crippen molar-refractivity contribution < 1.29 is 12.8 Å². The highest BCUT2D eigenvalue weighted by molar-refractivity contribution is 7.98. The first-order valence-electron chi connectivity index (χ1n) is 6.43. The fourth-order valence-corrected chi connectivity index (χ4v) is 3.86. The maximum Gasteiger partial charge on any atom is 0.240 e. The minimum Gasteiger partial charge on any atom is -0.316 e. The minimum atomic E-state index is -3.74. The lowest BCUT2D eigenvalue weighted by Gasteiger charge is -2.13. The zero-order valence-electron chi connectivity index (χ0n) is 12.2. The van der Waals surface area contributed by atoms with E-state index in [-0.39, 0.29) is 15.8 Å². The van der Waals surface area contributed by atoms with E-state index in [0.717, 1.165) is 11.8 Å². The minimum absolute atomic E-state index is 0.0564. The normalized spacial score (nSPS) is 13.4. The predicted molar refractivity (Wildman–Crippen MR) is 86.9 cm³/mol. The van der Waals surface area contributed by atoms with Crippen molar-refractivity contribution in [3.8, 4) is 0 Å². The van der Waals surface area contributed by atoms with Crippen molar-refractivity contribution in [1.29, 1.82) is 0 Å². The molecular formula is C13H20ClFN2O2S2. The molecule has 0 heterocycles. The number of benzene rings is 1. The summed E-state index contributed by atoms with van der Waals surface area (Å²) in [6.45, 7) is 2.56. The molecule has 2 N–H and O–H groups in total. The Labute approximate surface area is 134 Å². The van der Waals surface area contributed by atoms with Gasteiger partial charge in [0.1, 0.15) is 5.82 Å². The van der Waals surface area contributed by atoms with E-state index >= 15 is 0 Å². The average molecular weight is 355 g/mol. The van der Waals surface area contributed by atoms with E-state index in [9.17, 15) is 12.8 Å². The summed E-state index contributed by atoms with van der Waals surface area (Å²) in [5, 5.41) is 2.77. The topological polar surface area (TPSA) is 58.2 Å². The van der Waals surface area contributed by atoms with Gasteiger partial charge in [-0.05, 0) is 42.7 Å². The quantitative estimate of drug-likeness (QED) is 0.753. The van der Waals surface area contributed by atoms with Gasteiger partial charge in [-0.2, -0.15) is 11.8 Å². The molecule has 0 spiro atoms. The molecule has 0 saturated carbocycles. The molecule has 1 atom stereocenters. The number of thioether (sulfide) groups is 1. The summed E-state index contributed by atoms with van der Waals surface area (Å²) in [6, 6.07) is 2.34. The second kappa shape index (κ2) is 8.33. The zero-order valence-corrected chi connectivity index (χ0v) is 14.6. The molecule has 8 heteroatoms. The molecule has 0 amide bonds. The molecule has 0 radical (unpaired) electrons. The molecule has 0 fully saturated rings. The molecule has 21 heavy (non-hydrogen) atoms. The predicted octanol–water partition coefficient (Wildman–Crippen LogP) is 2.48. The van der Waals surface area contributed by atoms with Crippen LogP contribution in [0.3, 0.4) is 0 Å². The third-order valence-corrected chi connectivity index (χ3v) is 5.56. The fraction of sp³-hybridized carbons (Fsp3) is 0.538. The monoisotopic (exact) mass is 354 g/mol. The van der Waals surface area contributed by atoms with Crippen molar-refractivity contribution in [2.75, 3.05) is 25.6 Å². The Kier molecular flexibility index (Phi) is 7.42. The van der Waals surface area contributed by atoms with Gasteiger partial charge in [0, 0.05) is 13.1 Å². The third-order valence-electron chi connectivity index (χ3n) is 2.83. The van der Waals surface area contributed by atoms with Gasteiger partial charge < -0.3 is 5.32 Å². The van der Waals surface area contributed by atoms with Crippen LogP contribution in [-0.4, -0.2) is 34.0 Å². The Morgan fingerprint density at radius 2 is 2.10 bits per heavy atom. The van der Waals surface area contributed by atoms with Crippen molar-refractivity contribution in [1.82, 2.24) is 10.0 Å².